The first-order chi connectivity index (χ1) is 9.46. The molecule has 0 bridgehead atoms. The molecule has 20 heavy (non-hydrogen) atoms. The number of rotatable bonds is 5. The second-order valence-corrected chi connectivity index (χ2v) is 8.34. The van der Waals surface area contributed by atoms with Crippen molar-refractivity contribution in [2.24, 2.45) is 0 Å². The van der Waals surface area contributed by atoms with Crippen LogP contribution >= 0.6 is 11.8 Å². The summed E-state index contributed by atoms with van der Waals surface area (Å²) >= 11 is 2.10. The zero-order valence-corrected chi connectivity index (χ0v) is 14.1. The second-order valence-electron chi connectivity index (χ2n) is 6.54. The number of nitrogens with zero attached hydrogens (tertiary/aromatic N) is 1. The molecule has 4 heteroatoms. The van der Waals surface area contributed by atoms with Crippen LogP contribution in [-0.2, 0) is 13.1 Å². The number of hydrogen-bond acceptors (Lipinski definition) is 4. The standard InChI is InChI=1S/C16H28N2OS/c1-13(2)17-11-15-14(5-9-19-15)12-18-7-6-16(3,4)20-10-8-18/h5,9,13,17H,6-8,10-12H2,1-4H3. The van der Waals surface area contributed by atoms with Gasteiger partial charge in [-0.1, -0.05) is 27.7 Å². The molecule has 0 radical (unpaired) electrons. The van der Waals surface area contributed by atoms with Gasteiger partial charge >= 0.3 is 0 Å². The molecule has 0 amide bonds. The number of hydrogen-bond donors (Lipinski definition) is 1. The minimum atomic E-state index is 0.424. The lowest BCUT2D eigenvalue weighted by molar-refractivity contribution is 0.273. The van der Waals surface area contributed by atoms with Crippen molar-refractivity contribution in [2.45, 2.75) is 58.0 Å². The Bertz CT molecular complexity index is 414. The highest BCUT2D eigenvalue weighted by molar-refractivity contribution is 8.00. The van der Waals surface area contributed by atoms with Crippen molar-refractivity contribution < 1.29 is 4.42 Å². The third-order valence-corrected chi connectivity index (χ3v) is 5.21. The molecule has 3 nitrogen and oxygen atoms in total. The van der Waals surface area contributed by atoms with Crippen LogP contribution in [0.5, 0.6) is 0 Å². The van der Waals surface area contributed by atoms with Gasteiger partial charge in [0.1, 0.15) is 5.76 Å². The summed E-state index contributed by atoms with van der Waals surface area (Å²) < 4.78 is 6.06. The quantitative estimate of drug-likeness (QED) is 0.900. The van der Waals surface area contributed by atoms with Gasteiger partial charge in [0.2, 0.25) is 0 Å². The van der Waals surface area contributed by atoms with Crippen LogP contribution in [0.3, 0.4) is 0 Å². The summed E-state index contributed by atoms with van der Waals surface area (Å²) in [5.41, 5.74) is 1.34. The van der Waals surface area contributed by atoms with Crippen molar-refractivity contribution in [3.8, 4) is 0 Å². The normalized spacial score (nSPS) is 20.2. The maximum Gasteiger partial charge on any atom is 0.122 e. The molecule has 0 unspecified atom stereocenters. The zero-order chi connectivity index (χ0) is 14.6. The number of furan rings is 1. The summed E-state index contributed by atoms with van der Waals surface area (Å²) in [5.74, 6) is 2.32. The molecule has 1 aromatic rings. The van der Waals surface area contributed by atoms with E-state index in [2.05, 4.69) is 55.7 Å². The molecule has 1 fully saturated rings. The average Bonchev–Trinajstić information content (AvgIpc) is 2.72. The van der Waals surface area contributed by atoms with Gasteiger partial charge < -0.3 is 9.73 Å². The van der Waals surface area contributed by atoms with E-state index in [0.717, 1.165) is 18.8 Å². The van der Waals surface area contributed by atoms with Crippen LogP contribution in [0, 0.1) is 0 Å². The molecule has 1 aliphatic rings. The number of nitrogens with one attached hydrogen (secondary N) is 1. The minimum absolute atomic E-state index is 0.424. The molecule has 0 aliphatic carbocycles. The summed E-state index contributed by atoms with van der Waals surface area (Å²) in [6.45, 7) is 13.2. The minimum Gasteiger partial charge on any atom is -0.468 e. The summed E-state index contributed by atoms with van der Waals surface area (Å²) in [6.07, 6.45) is 3.08. The van der Waals surface area contributed by atoms with E-state index in [-0.39, 0.29) is 0 Å². The van der Waals surface area contributed by atoms with Gasteiger partial charge in [-0.25, -0.2) is 0 Å². The first kappa shape index (κ1) is 15.9. The van der Waals surface area contributed by atoms with Gasteiger partial charge in [0.05, 0.1) is 12.8 Å². The predicted octanol–water partition coefficient (Wildman–Crippen LogP) is 3.50. The third-order valence-electron chi connectivity index (χ3n) is 3.83. The highest BCUT2D eigenvalue weighted by Crippen LogP contribution is 2.31. The monoisotopic (exact) mass is 296 g/mol. The van der Waals surface area contributed by atoms with E-state index in [1.165, 1.54) is 30.8 Å². The molecule has 2 rings (SSSR count). The van der Waals surface area contributed by atoms with E-state index in [0.29, 0.717) is 10.8 Å². The van der Waals surface area contributed by atoms with Crippen molar-refractivity contribution in [1.29, 1.82) is 0 Å². The Kier molecular flexibility index (Phi) is 5.58. The smallest absolute Gasteiger partial charge is 0.122 e. The first-order valence-electron chi connectivity index (χ1n) is 7.61. The molecular formula is C16H28N2OS. The molecule has 2 heterocycles. The van der Waals surface area contributed by atoms with Gasteiger partial charge in [0.25, 0.3) is 0 Å². The van der Waals surface area contributed by atoms with Crippen molar-refractivity contribution in [3.05, 3.63) is 23.7 Å². The molecular weight excluding hydrogens is 268 g/mol. The van der Waals surface area contributed by atoms with Crippen molar-refractivity contribution in [2.75, 3.05) is 18.8 Å². The van der Waals surface area contributed by atoms with Gasteiger partial charge in [-0.05, 0) is 19.0 Å². The Morgan fingerprint density at radius 2 is 2.20 bits per heavy atom. The molecule has 0 atom stereocenters. The lowest BCUT2D eigenvalue weighted by atomic mass is 10.1. The van der Waals surface area contributed by atoms with E-state index in [1.54, 1.807) is 0 Å². The SMILES string of the molecule is CC(C)NCc1occc1CN1CCSC(C)(C)CC1. The summed E-state index contributed by atoms with van der Waals surface area (Å²) in [7, 11) is 0. The van der Waals surface area contributed by atoms with Gasteiger partial charge in [-0.3, -0.25) is 4.90 Å². The molecule has 0 aromatic carbocycles. The van der Waals surface area contributed by atoms with Crippen LogP contribution in [0.4, 0.5) is 0 Å². The third kappa shape index (κ3) is 4.83. The van der Waals surface area contributed by atoms with Gasteiger partial charge in [0.15, 0.2) is 0 Å². The van der Waals surface area contributed by atoms with E-state index in [9.17, 15) is 0 Å². The lowest BCUT2D eigenvalue weighted by Crippen LogP contribution is -2.28. The van der Waals surface area contributed by atoms with Crippen molar-refractivity contribution in [3.63, 3.8) is 0 Å². The van der Waals surface area contributed by atoms with E-state index in [4.69, 9.17) is 4.42 Å². The summed E-state index contributed by atoms with van der Waals surface area (Å²) in [6, 6.07) is 2.61. The Hall–Kier alpha value is -0.450. The Balaban J connectivity index is 1.91. The van der Waals surface area contributed by atoms with E-state index in [1.807, 2.05) is 6.26 Å². The average molecular weight is 296 g/mol. The topological polar surface area (TPSA) is 28.4 Å². The fourth-order valence-corrected chi connectivity index (χ4v) is 3.56. The highest BCUT2D eigenvalue weighted by atomic mass is 32.2. The Labute approximate surface area is 127 Å². The summed E-state index contributed by atoms with van der Waals surface area (Å²) in [5, 5.41) is 3.43. The van der Waals surface area contributed by atoms with Gasteiger partial charge in [-0.2, -0.15) is 11.8 Å². The molecule has 1 saturated heterocycles. The maximum atomic E-state index is 5.63. The number of thioether (sulfide) groups is 1. The molecule has 0 saturated carbocycles. The second kappa shape index (κ2) is 7.01. The van der Waals surface area contributed by atoms with Crippen LogP contribution in [0.1, 0.15) is 45.4 Å². The van der Waals surface area contributed by atoms with E-state index < -0.39 is 0 Å². The van der Waals surface area contributed by atoms with Gasteiger partial charge in [-0.15, -0.1) is 0 Å². The molecule has 1 aromatic heterocycles. The molecule has 1 aliphatic heterocycles. The van der Waals surface area contributed by atoms with Crippen LogP contribution in [-0.4, -0.2) is 34.5 Å². The van der Waals surface area contributed by atoms with E-state index >= 15 is 0 Å². The predicted molar refractivity (Wildman–Crippen MR) is 87.1 cm³/mol. The lowest BCUT2D eigenvalue weighted by Gasteiger charge is -2.22. The molecule has 1 N–H and O–H groups in total. The Morgan fingerprint density at radius 3 is 2.95 bits per heavy atom. The Morgan fingerprint density at radius 1 is 1.40 bits per heavy atom. The first-order valence-corrected chi connectivity index (χ1v) is 8.60. The fourth-order valence-electron chi connectivity index (χ4n) is 2.42. The fraction of sp³-hybridized carbons (Fsp3) is 0.750. The maximum absolute atomic E-state index is 5.63. The summed E-state index contributed by atoms with van der Waals surface area (Å²) in [4.78, 5) is 2.56. The highest BCUT2D eigenvalue weighted by Gasteiger charge is 2.24. The van der Waals surface area contributed by atoms with Crippen LogP contribution in [0.15, 0.2) is 16.7 Å². The largest absolute Gasteiger partial charge is 0.468 e. The van der Waals surface area contributed by atoms with Gasteiger partial charge in [0, 0.05) is 35.2 Å². The molecule has 0 spiro atoms. The van der Waals surface area contributed by atoms with Crippen molar-refractivity contribution >= 4 is 11.8 Å². The zero-order valence-electron chi connectivity index (χ0n) is 13.2. The van der Waals surface area contributed by atoms with Crippen LogP contribution in [0.2, 0.25) is 0 Å². The van der Waals surface area contributed by atoms with Crippen LogP contribution in [0.25, 0.3) is 0 Å². The van der Waals surface area contributed by atoms with Crippen LogP contribution < -0.4 is 5.32 Å². The van der Waals surface area contributed by atoms with Crippen molar-refractivity contribution in [1.82, 2.24) is 10.2 Å². The molecule has 114 valence electrons.